The maximum atomic E-state index is 11.9. The number of unbranched alkanes of at least 4 members (excludes halogenated alkanes) is 1. The van der Waals surface area contributed by atoms with Crippen LogP contribution >= 0.6 is 7.60 Å². The Morgan fingerprint density at radius 2 is 1.88 bits per heavy atom. The van der Waals surface area contributed by atoms with Crippen LogP contribution in [0, 0.1) is 6.92 Å². The lowest BCUT2D eigenvalue weighted by Gasteiger charge is -2.12. The van der Waals surface area contributed by atoms with Gasteiger partial charge in [0.2, 0.25) is 0 Å². The van der Waals surface area contributed by atoms with Gasteiger partial charge < -0.3 is 14.4 Å². The summed E-state index contributed by atoms with van der Waals surface area (Å²) >= 11 is 0. The van der Waals surface area contributed by atoms with E-state index in [0.29, 0.717) is 17.8 Å². The second-order valence-electron chi connectivity index (χ2n) is 7.76. The van der Waals surface area contributed by atoms with Gasteiger partial charge in [-0.3, -0.25) is 14.2 Å². The highest BCUT2D eigenvalue weighted by molar-refractivity contribution is 7.54. The molecule has 1 N–H and O–H groups in total. The number of aromatic nitrogens is 3. The molecule has 1 aliphatic rings. The predicted octanol–water partition coefficient (Wildman–Crippen LogP) is 4.20. The molecule has 33 heavy (non-hydrogen) atoms. The van der Waals surface area contributed by atoms with Crippen LogP contribution in [0.2, 0.25) is 0 Å². The number of aldehydes is 1. The lowest BCUT2D eigenvalue weighted by molar-refractivity contribution is -0.117. The fraction of sp³-hybridized carbons (Fsp3) is 0.522. The molecule has 3 heterocycles. The van der Waals surface area contributed by atoms with E-state index in [9.17, 15) is 14.2 Å². The highest BCUT2D eigenvalue weighted by Gasteiger charge is 2.24. The first-order chi connectivity index (χ1) is 15.9. The van der Waals surface area contributed by atoms with Crippen molar-refractivity contribution in [2.24, 2.45) is 0 Å². The van der Waals surface area contributed by atoms with Crippen molar-refractivity contribution in [3.8, 4) is 0 Å². The number of aryl methyl sites for hydroxylation is 3. The van der Waals surface area contributed by atoms with E-state index in [-0.39, 0.29) is 11.9 Å². The highest BCUT2D eigenvalue weighted by atomic mass is 31.2. The molecule has 0 radical (unpaired) electrons. The Morgan fingerprint density at radius 1 is 1.15 bits per heavy atom. The minimum atomic E-state index is -3.23. The van der Waals surface area contributed by atoms with Crippen LogP contribution in [0.1, 0.15) is 59.5 Å². The van der Waals surface area contributed by atoms with Crippen molar-refractivity contribution in [1.29, 1.82) is 0 Å². The summed E-state index contributed by atoms with van der Waals surface area (Å²) in [5.74, 6) is 1.61. The molecule has 0 unspecified atom stereocenters. The molecule has 0 atom stereocenters. The molecule has 1 aliphatic heterocycles. The van der Waals surface area contributed by atoms with E-state index in [0.717, 1.165) is 50.0 Å². The second-order valence-corrected chi connectivity index (χ2v) is 10.0. The fourth-order valence-corrected chi connectivity index (χ4v) is 4.26. The Hall–Kier alpha value is -2.48. The summed E-state index contributed by atoms with van der Waals surface area (Å²) < 4.78 is 21.5. The van der Waals surface area contributed by atoms with Crippen molar-refractivity contribution in [3.63, 3.8) is 0 Å². The van der Waals surface area contributed by atoms with Crippen molar-refractivity contribution in [2.45, 2.75) is 51.9 Å². The molecule has 0 saturated carbocycles. The summed E-state index contributed by atoms with van der Waals surface area (Å²) in [4.78, 5) is 34.2. The number of nitrogens with one attached hydrogen (secondary N) is 1. The van der Waals surface area contributed by atoms with E-state index >= 15 is 0 Å². The third kappa shape index (κ3) is 9.50. The molecular weight excluding hydrogens is 443 g/mol. The van der Waals surface area contributed by atoms with Gasteiger partial charge in [0.25, 0.3) is 0 Å². The second kappa shape index (κ2) is 13.9. The third-order valence-corrected chi connectivity index (χ3v) is 7.06. The lowest BCUT2D eigenvalue weighted by Crippen LogP contribution is -2.08. The minimum absolute atomic E-state index is 0.0846. The van der Waals surface area contributed by atoms with Crippen LogP contribution in [-0.4, -0.2) is 53.9 Å². The zero-order valence-corrected chi connectivity index (χ0v) is 20.5. The number of rotatable bonds is 10. The van der Waals surface area contributed by atoms with E-state index in [1.165, 1.54) is 45.0 Å². The van der Waals surface area contributed by atoms with Gasteiger partial charge >= 0.3 is 7.60 Å². The van der Waals surface area contributed by atoms with E-state index in [4.69, 9.17) is 14.0 Å². The Morgan fingerprint density at radius 3 is 2.55 bits per heavy atom. The standard InChI is InChI=1S/C17H27N2O4P.C6H6N2O/c1-22-24(21,23-2)13-16(20)9-4-3-8-15-11-10-14-7-5-6-12-18-17(14)19-15;1-5-7-2-6(4-9)3-8-5/h10-11H,3-9,12-13H2,1-2H3,(H,18,19);2-4H,1H3. The molecule has 2 aromatic heterocycles. The lowest BCUT2D eigenvalue weighted by atomic mass is 10.1. The van der Waals surface area contributed by atoms with Crippen LogP contribution in [0.25, 0.3) is 0 Å². The fourth-order valence-electron chi connectivity index (χ4n) is 3.26. The molecule has 3 rings (SSSR count). The van der Waals surface area contributed by atoms with Gasteiger partial charge in [-0.1, -0.05) is 6.07 Å². The van der Waals surface area contributed by atoms with Crippen molar-refractivity contribution in [1.82, 2.24) is 15.0 Å². The number of anilines is 1. The molecule has 0 spiro atoms. The molecule has 0 bridgehead atoms. The number of pyridine rings is 1. The number of carbonyl (C=O) groups excluding carboxylic acids is 2. The van der Waals surface area contributed by atoms with Gasteiger partial charge in [0.1, 0.15) is 23.6 Å². The average molecular weight is 477 g/mol. The summed E-state index contributed by atoms with van der Waals surface area (Å²) in [6.45, 7) is 2.76. The summed E-state index contributed by atoms with van der Waals surface area (Å²) in [5, 5.41) is 3.39. The van der Waals surface area contributed by atoms with Crippen LogP contribution in [0.5, 0.6) is 0 Å². The third-order valence-electron chi connectivity index (χ3n) is 5.20. The molecule has 0 fully saturated rings. The van der Waals surface area contributed by atoms with Crippen LogP contribution in [0.4, 0.5) is 5.82 Å². The highest BCUT2D eigenvalue weighted by Crippen LogP contribution is 2.46. The number of hydrogen-bond acceptors (Lipinski definition) is 9. The van der Waals surface area contributed by atoms with Gasteiger partial charge in [-0.2, -0.15) is 0 Å². The van der Waals surface area contributed by atoms with E-state index < -0.39 is 7.60 Å². The molecule has 10 heteroatoms. The van der Waals surface area contributed by atoms with Gasteiger partial charge in [-0.25, -0.2) is 15.0 Å². The Bertz CT molecular complexity index is 944. The quantitative estimate of drug-likeness (QED) is 0.306. The smallest absolute Gasteiger partial charge is 0.337 e. The van der Waals surface area contributed by atoms with Crippen LogP contribution in [0.3, 0.4) is 0 Å². The molecule has 0 saturated heterocycles. The summed E-state index contributed by atoms with van der Waals surface area (Å²) in [7, 11) is -0.629. The number of fused-ring (bicyclic) bond motifs is 1. The summed E-state index contributed by atoms with van der Waals surface area (Å²) in [5.41, 5.74) is 2.86. The first-order valence-corrected chi connectivity index (χ1v) is 12.8. The molecule has 0 aliphatic carbocycles. The van der Waals surface area contributed by atoms with Crippen LogP contribution in [0.15, 0.2) is 24.5 Å². The van der Waals surface area contributed by atoms with Crippen molar-refractivity contribution in [2.75, 3.05) is 32.2 Å². The van der Waals surface area contributed by atoms with Crippen molar-refractivity contribution >= 4 is 25.5 Å². The molecule has 0 amide bonds. The number of carbonyl (C=O) groups is 2. The molecule has 0 aromatic carbocycles. The van der Waals surface area contributed by atoms with E-state index in [2.05, 4.69) is 27.4 Å². The number of Topliss-reactive ketones (excluding diaryl/α,β-unsaturated/α-hetero) is 1. The van der Waals surface area contributed by atoms with Gasteiger partial charge in [0, 0.05) is 45.3 Å². The van der Waals surface area contributed by atoms with Crippen molar-refractivity contribution in [3.05, 3.63) is 47.2 Å². The number of nitrogens with zero attached hydrogens (tertiary/aromatic N) is 3. The van der Waals surface area contributed by atoms with Crippen LogP contribution < -0.4 is 5.32 Å². The van der Waals surface area contributed by atoms with Crippen molar-refractivity contribution < 1.29 is 23.2 Å². The Kier molecular flexibility index (Phi) is 11.3. The molecule has 180 valence electrons. The zero-order chi connectivity index (χ0) is 24.1. The molecule has 9 nitrogen and oxygen atoms in total. The first-order valence-electron chi connectivity index (χ1n) is 11.1. The first kappa shape index (κ1) is 26.8. The van der Waals surface area contributed by atoms with Gasteiger partial charge in [0.05, 0.1) is 5.56 Å². The average Bonchev–Trinajstić information content (AvgIpc) is 3.08. The maximum Gasteiger partial charge on any atom is 0.337 e. The summed E-state index contributed by atoms with van der Waals surface area (Å²) in [6.07, 6.45) is 9.89. The minimum Gasteiger partial charge on any atom is -0.370 e. The molecular formula is C23H33N4O5P. The predicted molar refractivity (Wildman–Crippen MR) is 127 cm³/mol. The van der Waals surface area contributed by atoms with E-state index in [1.807, 2.05) is 0 Å². The topological polar surface area (TPSA) is 120 Å². The van der Waals surface area contributed by atoms with Gasteiger partial charge in [-0.15, -0.1) is 0 Å². The monoisotopic (exact) mass is 476 g/mol. The Labute approximate surface area is 195 Å². The zero-order valence-electron chi connectivity index (χ0n) is 19.6. The number of ketones is 1. The van der Waals surface area contributed by atoms with Crippen LogP contribution in [-0.2, 0) is 31.2 Å². The normalized spacial score (nSPS) is 13.1. The summed E-state index contributed by atoms with van der Waals surface area (Å²) in [6, 6.07) is 4.24. The van der Waals surface area contributed by atoms with Gasteiger partial charge in [0.15, 0.2) is 6.29 Å². The van der Waals surface area contributed by atoms with Gasteiger partial charge in [-0.05, 0) is 57.1 Å². The SMILES string of the molecule is COP(=O)(CC(=O)CCCCc1ccc2c(n1)NCCCC2)OC.Cc1ncc(C=O)cn1. The molecule has 2 aromatic rings. The number of hydrogen-bond donors (Lipinski definition) is 1. The Balaban J connectivity index is 0.000000357. The maximum absolute atomic E-state index is 11.9. The largest absolute Gasteiger partial charge is 0.370 e. The van der Waals surface area contributed by atoms with E-state index in [1.54, 1.807) is 6.92 Å².